The van der Waals surface area contributed by atoms with Crippen molar-refractivity contribution in [1.29, 1.82) is 0 Å². The molecule has 1 atom stereocenters. The molecule has 1 unspecified atom stereocenters. The second kappa shape index (κ2) is 7.58. The maximum atomic E-state index is 12.4. The molecule has 8 nitrogen and oxygen atoms in total. The first-order chi connectivity index (χ1) is 13.7. The van der Waals surface area contributed by atoms with Crippen molar-refractivity contribution in [2.75, 3.05) is 26.2 Å². The normalized spacial score (nSPS) is 17.0. The van der Waals surface area contributed by atoms with Gasteiger partial charge < -0.3 is 14.7 Å². The Labute approximate surface area is 177 Å². The summed E-state index contributed by atoms with van der Waals surface area (Å²) in [6.07, 6.45) is -0.277. The SMILES string of the molecule is Cc1nc2sc(C(c3ccsc3)N3CCN(C(=O)OC(C)(C)C)CC3)c(O)n2n1. The van der Waals surface area contributed by atoms with Crippen molar-refractivity contribution in [3.05, 3.63) is 33.1 Å². The van der Waals surface area contributed by atoms with Crippen molar-refractivity contribution in [1.82, 2.24) is 24.4 Å². The maximum Gasteiger partial charge on any atom is 0.410 e. The van der Waals surface area contributed by atoms with Crippen LogP contribution in [-0.4, -0.2) is 67.4 Å². The van der Waals surface area contributed by atoms with E-state index in [1.807, 2.05) is 33.1 Å². The van der Waals surface area contributed by atoms with Gasteiger partial charge in [-0.25, -0.2) is 9.78 Å². The van der Waals surface area contributed by atoms with Gasteiger partial charge in [0.25, 0.3) is 0 Å². The minimum absolute atomic E-state index is 0.101. The van der Waals surface area contributed by atoms with E-state index < -0.39 is 5.60 Å². The third kappa shape index (κ3) is 4.10. The smallest absolute Gasteiger partial charge is 0.410 e. The number of hydrogen-bond donors (Lipinski definition) is 1. The molecule has 1 fully saturated rings. The van der Waals surface area contributed by atoms with Gasteiger partial charge in [-0.2, -0.15) is 15.9 Å². The molecule has 10 heteroatoms. The number of aromatic hydroxyl groups is 1. The molecule has 3 aromatic rings. The molecule has 0 radical (unpaired) electrons. The lowest BCUT2D eigenvalue weighted by Gasteiger charge is -2.39. The summed E-state index contributed by atoms with van der Waals surface area (Å²) in [7, 11) is 0. The molecule has 156 valence electrons. The molecule has 4 rings (SSSR count). The van der Waals surface area contributed by atoms with Gasteiger partial charge in [-0.05, 0) is 50.1 Å². The highest BCUT2D eigenvalue weighted by Gasteiger charge is 2.33. The Hall–Kier alpha value is -2.17. The molecule has 1 saturated heterocycles. The van der Waals surface area contributed by atoms with Crippen LogP contribution < -0.4 is 0 Å². The lowest BCUT2D eigenvalue weighted by Crippen LogP contribution is -2.50. The summed E-state index contributed by atoms with van der Waals surface area (Å²) in [5.41, 5.74) is 0.619. The molecule has 1 amide bonds. The number of aryl methyl sites for hydroxylation is 1. The molecule has 0 spiro atoms. The van der Waals surface area contributed by atoms with Crippen molar-refractivity contribution in [3.8, 4) is 5.88 Å². The summed E-state index contributed by atoms with van der Waals surface area (Å²) in [4.78, 5) is 22.3. The second-order valence-corrected chi connectivity index (χ2v) is 9.90. The monoisotopic (exact) mass is 435 g/mol. The average molecular weight is 436 g/mol. The number of ether oxygens (including phenoxy) is 1. The predicted octanol–water partition coefficient (Wildman–Crippen LogP) is 3.51. The molecule has 0 aromatic carbocycles. The largest absolute Gasteiger partial charge is 0.492 e. The topological polar surface area (TPSA) is 83.2 Å². The van der Waals surface area contributed by atoms with Crippen molar-refractivity contribution in [3.63, 3.8) is 0 Å². The summed E-state index contributed by atoms with van der Waals surface area (Å²) in [5.74, 6) is 0.771. The molecule has 29 heavy (non-hydrogen) atoms. The fraction of sp³-hybridized carbons (Fsp3) is 0.526. The van der Waals surface area contributed by atoms with Crippen LogP contribution in [0.15, 0.2) is 16.8 Å². The molecule has 4 heterocycles. The van der Waals surface area contributed by atoms with E-state index in [0.717, 1.165) is 10.4 Å². The van der Waals surface area contributed by atoms with E-state index in [-0.39, 0.29) is 18.0 Å². The third-order valence-electron chi connectivity index (χ3n) is 4.74. The van der Waals surface area contributed by atoms with E-state index >= 15 is 0 Å². The van der Waals surface area contributed by atoms with Crippen molar-refractivity contribution >= 4 is 33.7 Å². The van der Waals surface area contributed by atoms with Gasteiger partial charge >= 0.3 is 6.09 Å². The van der Waals surface area contributed by atoms with E-state index in [0.29, 0.717) is 37.0 Å². The summed E-state index contributed by atoms with van der Waals surface area (Å²) in [5, 5.41) is 19.3. The molecule has 1 aliphatic rings. The maximum absolute atomic E-state index is 12.4. The number of nitrogens with zero attached hydrogens (tertiary/aromatic N) is 5. The zero-order valence-electron chi connectivity index (χ0n) is 17.0. The highest BCUT2D eigenvalue weighted by atomic mass is 32.1. The van der Waals surface area contributed by atoms with E-state index in [1.165, 1.54) is 15.9 Å². The molecule has 0 saturated carbocycles. The first kappa shape index (κ1) is 20.1. The predicted molar refractivity (Wildman–Crippen MR) is 113 cm³/mol. The molecular formula is C19H25N5O3S2. The number of amides is 1. The van der Waals surface area contributed by atoms with Gasteiger partial charge in [-0.3, -0.25) is 4.90 Å². The number of carbonyl (C=O) groups excluding carboxylic acids is 1. The summed E-state index contributed by atoms with van der Waals surface area (Å²) in [6, 6.07) is 1.98. The van der Waals surface area contributed by atoms with Gasteiger partial charge in [0.05, 0.1) is 10.9 Å². The molecular weight excluding hydrogens is 410 g/mol. The Kier molecular flexibility index (Phi) is 5.26. The Morgan fingerprint density at radius 2 is 2.00 bits per heavy atom. The van der Waals surface area contributed by atoms with Crippen molar-refractivity contribution in [2.24, 2.45) is 0 Å². The lowest BCUT2D eigenvalue weighted by molar-refractivity contribution is 0.0119. The Balaban J connectivity index is 1.57. The van der Waals surface area contributed by atoms with Crippen LogP contribution in [0.5, 0.6) is 5.88 Å². The number of thiazole rings is 1. The van der Waals surface area contributed by atoms with Gasteiger partial charge in [-0.1, -0.05) is 11.3 Å². The summed E-state index contributed by atoms with van der Waals surface area (Å²) in [6.45, 7) is 9.97. The van der Waals surface area contributed by atoms with Crippen molar-refractivity contribution in [2.45, 2.75) is 39.3 Å². The molecule has 1 N–H and O–H groups in total. The minimum atomic E-state index is -0.504. The van der Waals surface area contributed by atoms with E-state index in [1.54, 1.807) is 16.2 Å². The number of piperazine rings is 1. The number of thiophene rings is 1. The second-order valence-electron chi connectivity index (χ2n) is 8.11. The van der Waals surface area contributed by atoms with Gasteiger partial charge in [0.1, 0.15) is 11.4 Å². The van der Waals surface area contributed by atoms with Gasteiger partial charge in [0.15, 0.2) is 0 Å². The van der Waals surface area contributed by atoms with Crippen LogP contribution in [-0.2, 0) is 4.74 Å². The summed E-state index contributed by atoms with van der Waals surface area (Å²) < 4.78 is 7.01. The first-order valence-corrected chi connectivity index (χ1v) is 11.3. The zero-order chi connectivity index (χ0) is 20.8. The Morgan fingerprint density at radius 3 is 2.59 bits per heavy atom. The third-order valence-corrected chi connectivity index (χ3v) is 6.52. The Bertz CT molecular complexity index is 997. The fourth-order valence-corrected chi connectivity index (χ4v) is 5.32. The molecule has 0 bridgehead atoms. The van der Waals surface area contributed by atoms with Crippen LogP contribution in [0.1, 0.15) is 43.1 Å². The first-order valence-electron chi connectivity index (χ1n) is 9.52. The molecule has 3 aromatic heterocycles. The van der Waals surface area contributed by atoms with Crippen LogP contribution in [0, 0.1) is 6.92 Å². The highest BCUT2D eigenvalue weighted by molar-refractivity contribution is 7.17. The van der Waals surface area contributed by atoms with Crippen molar-refractivity contribution < 1.29 is 14.6 Å². The van der Waals surface area contributed by atoms with Crippen LogP contribution in [0.2, 0.25) is 0 Å². The highest BCUT2D eigenvalue weighted by Crippen LogP contribution is 2.40. The minimum Gasteiger partial charge on any atom is -0.492 e. The van der Waals surface area contributed by atoms with Gasteiger partial charge in [0.2, 0.25) is 10.8 Å². The molecule has 1 aliphatic heterocycles. The van der Waals surface area contributed by atoms with E-state index in [9.17, 15) is 9.90 Å². The standard InChI is InChI=1S/C19H25N5O3S2/c1-12-20-17-24(21-12)16(25)15(29-17)14(13-5-10-28-11-13)22-6-8-23(9-7-22)18(26)27-19(2,3)4/h5,10-11,14,25H,6-9H2,1-4H3. The van der Waals surface area contributed by atoms with E-state index in [2.05, 4.69) is 26.4 Å². The number of fused-ring (bicyclic) bond motifs is 1. The number of aromatic nitrogens is 3. The lowest BCUT2D eigenvalue weighted by atomic mass is 10.1. The van der Waals surface area contributed by atoms with Crippen LogP contribution >= 0.6 is 22.7 Å². The van der Waals surface area contributed by atoms with Crippen LogP contribution in [0.4, 0.5) is 4.79 Å². The quantitative estimate of drug-likeness (QED) is 0.678. The number of carbonyl (C=O) groups is 1. The van der Waals surface area contributed by atoms with Crippen LogP contribution in [0.25, 0.3) is 4.96 Å². The fourth-order valence-electron chi connectivity index (χ4n) is 3.47. The van der Waals surface area contributed by atoms with Gasteiger partial charge in [-0.15, -0.1) is 5.10 Å². The van der Waals surface area contributed by atoms with Gasteiger partial charge in [0, 0.05) is 26.2 Å². The molecule has 0 aliphatic carbocycles. The van der Waals surface area contributed by atoms with E-state index in [4.69, 9.17) is 4.74 Å². The zero-order valence-corrected chi connectivity index (χ0v) is 18.6. The van der Waals surface area contributed by atoms with Crippen LogP contribution in [0.3, 0.4) is 0 Å². The Morgan fingerprint density at radius 1 is 1.28 bits per heavy atom. The number of rotatable bonds is 3. The number of hydrogen-bond acceptors (Lipinski definition) is 8. The average Bonchev–Trinajstić information content (AvgIpc) is 3.35. The summed E-state index contributed by atoms with van der Waals surface area (Å²) >= 11 is 3.09.